The quantitative estimate of drug-likeness (QED) is 0.362. The highest BCUT2D eigenvalue weighted by Gasteiger charge is 2.20. The fourth-order valence-electron chi connectivity index (χ4n) is 2.90. The summed E-state index contributed by atoms with van der Waals surface area (Å²) >= 11 is 1.41. The van der Waals surface area contributed by atoms with Gasteiger partial charge in [-0.1, -0.05) is 44.7 Å². The van der Waals surface area contributed by atoms with Crippen molar-refractivity contribution in [3.8, 4) is 5.82 Å². The number of aryl methyl sites for hydroxylation is 1. The number of oxazole rings is 1. The highest BCUT2D eigenvalue weighted by Crippen LogP contribution is 2.27. The lowest BCUT2D eigenvalue weighted by molar-refractivity contribution is 0.390. The fraction of sp³-hybridized carbons (Fsp3) is 0.273. The van der Waals surface area contributed by atoms with E-state index in [9.17, 15) is 4.79 Å². The number of pyridine rings is 1. The van der Waals surface area contributed by atoms with Crippen LogP contribution in [0.5, 0.6) is 0 Å². The summed E-state index contributed by atoms with van der Waals surface area (Å²) in [6, 6.07) is 11.1. The van der Waals surface area contributed by atoms with Gasteiger partial charge < -0.3 is 4.42 Å². The van der Waals surface area contributed by atoms with Crippen LogP contribution in [0.2, 0.25) is 0 Å². The molecule has 29 heavy (non-hydrogen) atoms. The molecular weight excluding hydrogens is 384 g/mol. The van der Waals surface area contributed by atoms with Crippen molar-refractivity contribution in [2.75, 3.05) is 0 Å². The zero-order valence-corrected chi connectivity index (χ0v) is 17.7. The Hall–Kier alpha value is -2.93. The van der Waals surface area contributed by atoms with Crippen LogP contribution in [0.15, 0.2) is 63.2 Å². The summed E-state index contributed by atoms with van der Waals surface area (Å²) in [5, 5.41) is 1.12. The second-order valence-electron chi connectivity index (χ2n) is 7.90. The number of aromatic nitrogens is 4. The van der Waals surface area contributed by atoms with Gasteiger partial charge in [-0.3, -0.25) is 4.79 Å². The lowest BCUT2D eigenvalue weighted by Gasteiger charge is -2.13. The second-order valence-corrected chi connectivity index (χ2v) is 8.84. The van der Waals surface area contributed by atoms with Crippen LogP contribution in [-0.2, 0) is 11.2 Å². The highest BCUT2D eigenvalue weighted by molar-refractivity contribution is 7.98. The minimum Gasteiger partial charge on any atom is -0.444 e. The van der Waals surface area contributed by atoms with Gasteiger partial charge in [0.05, 0.1) is 22.9 Å². The summed E-state index contributed by atoms with van der Waals surface area (Å²) in [6.07, 6.45) is 3.46. The first-order chi connectivity index (χ1) is 13.8. The van der Waals surface area contributed by atoms with Gasteiger partial charge in [0, 0.05) is 11.6 Å². The maximum Gasteiger partial charge on any atom is 0.267 e. The Bertz CT molecular complexity index is 1240. The molecule has 7 heteroatoms. The van der Waals surface area contributed by atoms with E-state index in [0.29, 0.717) is 33.5 Å². The largest absolute Gasteiger partial charge is 0.444 e. The Kier molecular flexibility index (Phi) is 5.00. The average molecular weight is 407 g/mol. The first-order valence-electron chi connectivity index (χ1n) is 9.36. The van der Waals surface area contributed by atoms with Crippen molar-refractivity contribution in [1.29, 1.82) is 0 Å². The lowest BCUT2D eigenvalue weighted by atomic mass is 9.94. The van der Waals surface area contributed by atoms with Gasteiger partial charge in [0.25, 0.3) is 5.56 Å². The van der Waals surface area contributed by atoms with E-state index >= 15 is 0 Å². The van der Waals surface area contributed by atoms with Crippen LogP contribution in [-0.4, -0.2) is 19.5 Å². The first kappa shape index (κ1) is 19.4. The number of rotatable bonds is 4. The van der Waals surface area contributed by atoms with Crippen LogP contribution >= 0.6 is 11.8 Å². The molecule has 0 unspecified atom stereocenters. The van der Waals surface area contributed by atoms with E-state index in [-0.39, 0.29) is 11.0 Å². The van der Waals surface area contributed by atoms with Crippen molar-refractivity contribution < 1.29 is 4.42 Å². The topological polar surface area (TPSA) is 73.8 Å². The summed E-state index contributed by atoms with van der Waals surface area (Å²) in [6.45, 7) is 8.21. The maximum absolute atomic E-state index is 13.2. The third-order valence-corrected chi connectivity index (χ3v) is 5.42. The predicted octanol–water partition coefficient (Wildman–Crippen LogP) is 4.67. The molecule has 0 amide bonds. The third kappa shape index (κ3) is 3.96. The minimum absolute atomic E-state index is 0.106. The normalized spacial score (nSPS) is 11.9. The summed E-state index contributed by atoms with van der Waals surface area (Å²) in [5.41, 5.74) is 1.43. The SMILES string of the molecule is Cc1ccnc(-n2c(SCc3ncc(C(C)(C)C)o3)nc3ccccc3c2=O)c1. The molecule has 0 aliphatic carbocycles. The maximum atomic E-state index is 13.2. The first-order valence-corrected chi connectivity index (χ1v) is 10.3. The molecule has 0 aliphatic heterocycles. The Morgan fingerprint density at radius 1 is 1.14 bits per heavy atom. The van der Waals surface area contributed by atoms with Crippen molar-refractivity contribution in [3.63, 3.8) is 0 Å². The molecule has 0 spiro atoms. The molecule has 6 nitrogen and oxygen atoms in total. The number of thioether (sulfide) groups is 1. The van der Waals surface area contributed by atoms with E-state index in [1.165, 1.54) is 11.8 Å². The molecule has 0 saturated heterocycles. The second kappa shape index (κ2) is 7.48. The molecule has 148 valence electrons. The van der Waals surface area contributed by atoms with Gasteiger partial charge in [-0.25, -0.2) is 19.5 Å². The van der Waals surface area contributed by atoms with Crippen LogP contribution in [0, 0.1) is 6.92 Å². The van der Waals surface area contributed by atoms with Crippen molar-refractivity contribution >= 4 is 22.7 Å². The van der Waals surface area contributed by atoms with Crippen molar-refractivity contribution in [2.24, 2.45) is 0 Å². The minimum atomic E-state index is -0.140. The van der Waals surface area contributed by atoms with Gasteiger partial charge in [-0.2, -0.15) is 0 Å². The van der Waals surface area contributed by atoms with Crippen molar-refractivity contribution in [3.05, 3.63) is 76.4 Å². The molecule has 3 heterocycles. The van der Waals surface area contributed by atoms with E-state index in [2.05, 4.69) is 30.7 Å². The molecule has 4 rings (SSSR count). The van der Waals surface area contributed by atoms with Gasteiger partial charge in [-0.15, -0.1) is 0 Å². The standard InChI is InChI=1S/C22H22N4O2S/c1-14-9-10-23-18(11-14)26-20(27)15-7-5-6-8-16(15)25-21(26)29-13-19-24-12-17(28-19)22(2,3)4/h5-12H,13H2,1-4H3. The molecule has 0 radical (unpaired) electrons. The Labute approximate surface area is 173 Å². The van der Waals surface area contributed by atoms with Crippen LogP contribution < -0.4 is 5.56 Å². The van der Waals surface area contributed by atoms with E-state index in [4.69, 9.17) is 9.40 Å². The average Bonchev–Trinajstić information content (AvgIpc) is 3.16. The Balaban J connectivity index is 1.77. The third-order valence-electron chi connectivity index (χ3n) is 4.49. The molecule has 1 aromatic carbocycles. The van der Waals surface area contributed by atoms with Gasteiger partial charge >= 0.3 is 0 Å². The van der Waals surface area contributed by atoms with Crippen molar-refractivity contribution in [1.82, 2.24) is 19.5 Å². The van der Waals surface area contributed by atoms with Crippen molar-refractivity contribution in [2.45, 2.75) is 44.0 Å². The highest BCUT2D eigenvalue weighted by atomic mass is 32.2. The van der Waals surface area contributed by atoms with E-state index < -0.39 is 0 Å². The van der Waals surface area contributed by atoms with Gasteiger partial charge in [0.1, 0.15) is 11.6 Å². The molecular formula is C22H22N4O2S. The molecule has 0 aliphatic rings. The number of nitrogens with zero attached hydrogens (tertiary/aromatic N) is 4. The van der Waals surface area contributed by atoms with Crippen LogP contribution in [0.4, 0.5) is 0 Å². The van der Waals surface area contributed by atoms with E-state index in [1.807, 2.05) is 37.3 Å². The Morgan fingerprint density at radius 3 is 2.66 bits per heavy atom. The van der Waals surface area contributed by atoms with Gasteiger partial charge in [0.15, 0.2) is 5.16 Å². The molecule has 3 aromatic heterocycles. The van der Waals surface area contributed by atoms with Gasteiger partial charge in [0.2, 0.25) is 5.89 Å². The number of hydrogen-bond donors (Lipinski definition) is 0. The number of benzene rings is 1. The number of para-hydroxylation sites is 1. The zero-order valence-electron chi connectivity index (χ0n) is 16.8. The smallest absolute Gasteiger partial charge is 0.267 e. The van der Waals surface area contributed by atoms with E-state index in [1.54, 1.807) is 23.0 Å². The monoisotopic (exact) mass is 406 g/mol. The molecule has 4 aromatic rings. The summed E-state index contributed by atoms with van der Waals surface area (Å²) in [5.74, 6) is 2.45. The molecule has 0 N–H and O–H groups in total. The van der Waals surface area contributed by atoms with Gasteiger partial charge in [-0.05, 0) is 36.8 Å². The summed E-state index contributed by atoms with van der Waals surface area (Å²) < 4.78 is 7.45. The summed E-state index contributed by atoms with van der Waals surface area (Å²) in [7, 11) is 0. The van der Waals surface area contributed by atoms with Crippen LogP contribution in [0.3, 0.4) is 0 Å². The number of hydrogen-bond acceptors (Lipinski definition) is 6. The molecule has 0 atom stereocenters. The predicted molar refractivity (Wildman–Crippen MR) is 115 cm³/mol. The molecule has 0 fully saturated rings. The zero-order chi connectivity index (χ0) is 20.6. The molecule has 0 saturated carbocycles. The van der Waals surface area contributed by atoms with Crippen LogP contribution in [0.25, 0.3) is 16.7 Å². The van der Waals surface area contributed by atoms with Crippen LogP contribution in [0.1, 0.15) is 38.0 Å². The fourth-order valence-corrected chi connectivity index (χ4v) is 3.76. The molecule has 0 bridgehead atoms. The summed E-state index contributed by atoms with van der Waals surface area (Å²) in [4.78, 5) is 26.7. The Morgan fingerprint density at radius 2 is 1.93 bits per heavy atom. The number of fused-ring (bicyclic) bond motifs is 1. The lowest BCUT2D eigenvalue weighted by Crippen LogP contribution is -2.22. The van der Waals surface area contributed by atoms with E-state index in [0.717, 1.165) is 11.3 Å².